The predicted octanol–water partition coefficient (Wildman–Crippen LogP) is 2.52. The number of aliphatic hydroxyl groups is 1. The number of halogens is 2. The number of ether oxygens (including phenoxy) is 1. The van der Waals surface area contributed by atoms with E-state index in [2.05, 4.69) is 5.32 Å². The van der Waals surface area contributed by atoms with Gasteiger partial charge in [-0.3, -0.25) is 4.79 Å². The van der Waals surface area contributed by atoms with Gasteiger partial charge in [0.1, 0.15) is 5.82 Å². The molecule has 1 amide bonds. The Balaban J connectivity index is 1.87. The molecule has 0 fully saturated rings. The average molecular weight is 307 g/mol. The van der Waals surface area contributed by atoms with E-state index in [4.69, 9.17) is 9.84 Å². The standard InChI is InChI=1S/C16H15F2NO3/c17-12-3-6-15(14(18)9-12)22-10-16(21)19-13-4-1-11(2-5-13)7-8-20/h1-6,9,20H,7-8,10H2,(H,19,21). The number of amides is 1. The lowest BCUT2D eigenvalue weighted by molar-refractivity contribution is -0.118. The van der Waals surface area contributed by atoms with E-state index in [-0.39, 0.29) is 19.0 Å². The zero-order valence-corrected chi connectivity index (χ0v) is 11.7. The molecule has 0 saturated carbocycles. The highest BCUT2D eigenvalue weighted by Gasteiger charge is 2.08. The lowest BCUT2D eigenvalue weighted by Gasteiger charge is -2.08. The van der Waals surface area contributed by atoms with E-state index in [9.17, 15) is 13.6 Å². The first-order valence-electron chi connectivity index (χ1n) is 6.66. The fraction of sp³-hybridized carbons (Fsp3) is 0.188. The minimum absolute atomic E-state index is 0.0583. The summed E-state index contributed by atoms with van der Waals surface area (Å²) >= 11 is 0. The second-order valence-electron chi connectivity index (χ2n) is 4.58. The summed E-state index contributed by atoms with van der Waals surface area (Å²) in [4.78, 5) is 11.7. The average Bonchev–Trinajstić information content (AvgIpc) is 2.49. The Hall–Kier alpha value is -2.47. The number of carbonyl (C=O) groups is 1. The van der Waals surface area contributed by atoms with Gasteiger partial charge in [-0.1, -0.05) is 12.1 Å². The highest BCUT2D eigenvalue weighted by molar-refractivity contribution is 5.91. The van der Waals surface area contributed by atoms with E-state index in [1.54, 1.807) is 24.3 Å². The van der Waals surface area contributed by atoms with Gasteiger partial charge in [-0.2, -0.15) is 0 Å². The number of anilines is 1. The smallest absolute Gasteiger partial charge is 0.262 e. The Morgan fingerprint density at radius 1 is 1.14 bits per heavy atom. The molecule has 6 heteroatoms. The van der Waals surface area contributed by atoms with Crippen molar-refractivity contribution < 1.29 is 23.4 Å². The topological polar surface area (TPSA) is 58.6 Å². The monoisotopic (exact) mass is 307 g/mol. The van der Waals surface area contributed by atoms with Crippen molar-refractivity contribution in [1.29, 1.82) is 0 Å². The van der Waals surface area contributed by atoms with E-state index in [1.165, 1.54) is 0 Å². The van der Waals surface area contributed by atoms with Crippen molar-refractivity contribution in [2.24, 2.45) is 0 Å². The summed E-state index contributed by atoms with van der Waals surface area (Å²) in [5.74, 6) is -2.22. The molecular formula is C16H15F2NO3. The summed E-state index contributed by atoms with van der Waals surface area (Å²) in [6, 6.07) is 9.83. The van der Waals surface area contributed by atoms with Gasteiger partial charge in [0.05, 0.1) is 0 Å². The van der Waals surface area contributed by atoms with Crippen LogP contribution in [-0.2, 0) is 11.2 Å². The predicted molar refractivity (Wildman–Crippen MR) is 77.7 cm³/mol. The molecule has 0 aliphatic carbocycles. The number of hydrogen-bond acceptors (Lipinski definition) is 3. The Bertz CT molecular complexity index is 644. The summed E-state index contributed by atoms with van der Waals surface area (Å²) in [6.45, 7) is -0.330. The minimum Gasteiger partial charge on any atom is -0.481 e. The summed E-state index contributed by atoms with van der Waals surface area (Å²) < 4.78 is 31.1. The van der Waals surface area contributed by atoms with E-state index < -0.39 is 17.5 Å². The first kappa shape index (κ1) is 15.9. The van der Waals surface area contributed by atoms with Crippen molar-refractivity contribution in [3.8, 4) is 5.75 Å². The van der Waals surface area contributed by atoms with Crippen LogP contribution in [0.2, 0.25) is 0 Å². The highest BCUT2D eigenvalue weighted by Crippen LogP contribution is 2.17. The summed E-state index contributed by atoms with van der Waals surface area (Å²) in [6.07, 6.45) is 0.543. The molecule has 2 N–H and O–H groups in total. The molecule has 0 radical (unpaired) electrons. The molecule has 0 spiro atoms. The molecule has 0 bridgehead atoms. The Kier molecular flexibility index (Phi) is 5.43. The Morgan fingerprint density at radius 2 is 1.86 bits per heavy atom. The van der Waals surface area contributed by atoms with Crippen LogP contribution in [0.15, 0.2) is 42.5 Å². The fourth-order valence-corrected chi connectivity index (χ4v) is 1.82. The molecule has 116 valence electrons. The van der Waals surface area contributed by atoms with Gasteiger partial charge in [0.2, 0.25) is 0 Å². The number of carbonyl (C=O) groups excluding carboxylic acids is 1. The molecule has 0 aromatic heterocycles. The summed E-state index contributed by atoms with van der Waals surface area (Å²) in [5.41, 5.74) is 1.51. The molecule has 0 atom stereocenters. The fourth-order valence-electron chi connectivity index (χ4n) is 1.82. The maximum absolute atomic E-state index is 13.3. The van der Waals surface area contributed by atoms with E-state index in [1.807, 2.05) is 0 Å². The molecule has 4 nitrogen and oxygen atoms in total. The van der Waals surface area contributed by atoms with Crippen LogP contribution in [0.1, 0.15) is 5.56 Å². The zero-order valence-electron chi connectivity index (χ0n) is 11.7. The van der Waals surface area contributed by atoms with Gasteiger partial charge in [0, 0.05) is 18.4 Å². The van der Waals surface area contributed by atoms with Gasteiger partial charge >= 0.3 is 0 Å². The molecule has 0 unspecified atom stereocenters. The lowest BCUT2D eigenvalue weighted by atomic mass is 10.1. The van der Waals surface area contributed by atoms with Gasteiger partial charge in [0.15, 0.2) is 18.2 Å². The van der Waals surface area contributed by atoms with Crippen LogP contribution in [0.25, 0.3) is 0 Å². The van der Waals surface area contributed by atoms with Crippen molar-refractivity contribution in [1.82, 2.24) is 0 Å². The van der Waals surface area contributed by atoms with Crippen LogP contribution in [0.4, 0.5) is 14.5 Å². The van der Waals surface area contributed by atoms with E-state index in [0.29, 0.717) is 18.2 Å². The van der Waals surface area contributed by atoms with E-state index in [0.717, 1.165) is 17.7 Å². The minimum atomic E-state index is -0.860. The van der Waals surface area contributed by atoms with Crippen molar-refractivity contribution in [2.45, 2.75) is 6.42 Å². The Labute approximate surface area is 126 Å². The normalized spacial score (nSPS) is 10.3. The number of aliphatic hydroxyl groups excluding tert-OH is 1. The third-order valence-corrected chi connectivity index (χ3v) is 2.89. The van der Waals surface area contributed by atoms with Gasteiger partial charge < -0.3 is 15.2 Å². The van der Waals surface area contributed by atoms with Gasteiger partial charge in [-0.15, -0.1) is 0 Å². The molecule has 0 saturated heterocycles. The lowest BCUT2D eigenvalue weighted by Crippen LogP contribution is -2.20. The largest absolute Gasteiger partial charge is 0.481 e. The molecule has 0 aliphatic heterocycles. The molecular weight excluding hydrogens is 292 g/mol. The molecule has 2 rings (SSSR count). The van der Waals surface area contributed by atoms with Gasteiger partial charge in [-0.25, -0.2) is 8.78 Å². The van der Waals surface area contributed by atoms with E-state index >= 15 is 0 Å². The number of benzene rings is 2. The molecule has 0 heterocycles. The first-order chi connectivity index (χ1) is 10.6. The van der Waals surface area contributed by atoms with Crippen molar-refractivity contribution >= 4 is 11.6 Å². The zero-order chi connectivity index (χ0) is 15.9. The Morgan fingerprint density at radius 3 is 2.50 bits per heavy atom. The molecule has 2 aromatic carbocycles. The van der Waals surface area contributed by atoms with Crippen LogP contribution >= 0.6 is 0 Å². The second-order valence-corrected chi connectivity index (χ2v) is 4.58. The van der Waals surface area contributed by atoms with Crippen LogP contribution in [0.3, 0.4) is 0 Å². The quantitative estimate of drug-likeness (QED) is 0.862. The summed E-state index contributed by atoms with van der Waals surface area (Å²) in [5, 5.41) is 11.4. The van der Waals surface area contributed by atoms with Crippen molar-refractivity contribution in [3.63, 3.8) is 0 Å². The molecule has 22 heavy (non-hydrogen) atoms. The maximum Gasteiger partial charge on any atom is 0.262 e. The number of hydrogen-bond donors (Lipinski definition) is 2. The molecule has 0 aliphatic rings. The molecule has 2 aromatic rings. The van der Waals surface area contributed by atoms with Gasteiger partial charge in [0.25, 0.3) is 5.91 Å². The summed E-state index contributed by atoms with van der Waals surface area (Å²) in [7, 11) is 0. The van der Waals surface area contributed by atoms with Gasteiger partial charge in [-0.05, 0) is 36.2 Å². The van der Waals surface area contributed by atoms with Crippen LogP contribution in [-0.4, -0.2) is 24.2 Å². The van der Waals surface area contributed by atoms with Crippen molar-refractivity contribution in [2.75, 3.05) is 18.5 Å². The third kappa shape index (κ3) is 4.53. The maximum atomic E-state index is 13.3. The first-order valence-corrected chi connectivity index (χ1v) is 6.66. The number of nitrogens with one attached hydrogen (secondary N) is 1. The highest BCUT2D eigenvalue weighted by atomic mass is 19.1. The second kappa shape index (κ2) is 7.51. The third-order valence-electron chi connectivity index (χ3n) is 2.89. The van der Waals surface area contributed by atoms with Crippen LogP contribution < -0.4 is 10.1 Å². The SMILES string of the molecule is O=C(COc1ccc(F)cc1F)Nc1ccc(CCO)cc1. The number of rotatable bonds is 6. The van der Waals surface area contributed by atoms with Crippen LogP contribution in [0.5, 0.6) is 5.75 Å². The van der Waals surface area contributed by atoms with Crippen LogP contribution in [0, 0.1) is 11.6 Å². The van der Waals surface area contributed by atoms with Crippen molar-refractivity contribution in [3.05, 3.63) is 59.7 Å².